The first-order valence-electron chi connectivity index (χ1n) is 6.23. The van der Waals surface area contributed by atoms with Gasteiger partial charge in [0.25, 0.3) is 0 Å². The van der Waals surface area contributed by atoms with Crippen LogP contribution in [0.4, 0.5) is 5.69 Å². The Kier molecular flexibility index (Phi) is 4.35. The Balaban J connectivity index is 2.18. The maximum atomic E-state index is 9.61. The molecule has 4 heteroatoms. The molecule has 0 aromatic heterocycles. The average molecular weight is 266 g/mol. The standard InChI is InChI=1S/C16H14N2O2/c1-2-20-16-9-13(5-8-15(16)19)11-18-14-6-3-12(10-17)4-7-14/h3-9,11,19H,2H2,1H3. The molecule has 2 rings (SSSR count). The first-order chi connectivity index (χ1) is 9.72. The molecular weight excluding hydrogens is 252 g/mol. The Hall–Kier alpha value is -2.80. The number of hydrogen-bond acceptors (Lipinski definition) is 4. The third-order valence-electron chi connectivity index (χ3n) is 2.64. The summed E-state index contributed by atoms with van der Waals surface area (Å²) in [5, 5.41) is 18.3. The van der Waals surface area contributed by atoms with Gasteiger partial charge >= 0.3 is 0 Å². The van der Waals surface area contributed by atoms with Gasteiger partial charge in [-0.2, -0.15) is 5.26 Å². The number of phenols is 1. The van der Waals surface area contributed by atoms with Gasteiger partial charge in [-0.15, -0.1) is 0 Å². The van der Waals surface area contributed by atoms with E-state index in [1.54, 1.807) is 48.7 Å². The summed E-state index contributed by atoms with van der Waals surface area (Å²) in [6, 6.07) is 14.1. The van der Waals surface area contributed by atoms with Gasteiger partial charge < -0.3 is 9.84 Å². The molecule has 0 aliphatic carbocycles. The van der Waals surface area contributed by atoms with Crippen LogP contribution in [-0.4, -0.2) is 17.9 Å². The molecule has 20 heavy (non-hydrogen) atoms. The number of nitrogens with zero attached hydrogens (tertiary/aromatic N) is 2. The SMILES string of the molecule is CCOc1cc(C=Nc2ccc(C#N)cc2)ccc1O. The first kappa shape index (κ1) is 13.6. The molecule has 0 bridgehead atoms. The molecule has 1 N–H and O–H groups in total. The zero-order chi connectivity index (χ0) is 14.4. The highest BCUT2D eigenvalue weighted by molar-refractivity contribution is 5.83. The van der Waals surface area contributed by atoms with Crippen molar-refractivity contribution < 1.29 is 9.84 Å². The predicted molar refractivity (Wildman–Crippen MR) is 77.7 cm³/mol. The molecule has 0 atom stereocenters. The van der Waals surface area contributed by atoms with Gasteiger partial charge in [-0.1, -0.05) is 0 Å². The van der Waals surface area contributed by atoms with Gasteiger partial charge in [0.2, 0.25) is 0 Å². The van der Waals surface area contributed by atoms with E-state index in [0.29, 0.717) is 17.9 Å². The summed E-state index contributed by atoms with van der Waals surface area (Å²) in [7, 11) is 0. The number of ether oxygens (including phenoxy) is 1. The van der Waals surface area contributed by atoms with Crippen LogP contribution in [-0.2, 0) is 0 Å². The lowest BCUT2D eigenvalue weighted by atomic mass is 10.2. The van der Waals surface area contributed by atoms with Crippen molar-refractivity contribution in [1.29, 1.82) is 5.26 Å². The number of rotatable bonds is 4. The van der Waals surface area contributed by atoms with Crippen LogP contribution in [0, 0.1) is 11.3 Å². The summed E-state index contributed by atoms with van der Waals surface area (Å²) in [6.07, 6.45) is 1.68. The molecule has 0 aliphatic heterocycles. The largest absolute Gasteiger partial charge is 0.504 e. The fourth-order valence-electron chi connectivity index (χ4n) is 1.65. The van der Waals surface area contributed by atoms with Crippen molar-refractivity contribution >= 4 is 11.9 Å². The van der Waals surface area contributed by atoms with Gasteiger partial charge in [0, 0.05) is 6.21 Å². The second-order valence-corrected chi connectivity index (χ2v) is 4.08. The molecule has 0 saturated carbocycles. The third-order valence-corrected chi connectivity index (χ3v) is 2.64. The minimum Gasteiger partial charge on any atom is -0.504 e. The number of aromatic hydroxyl groups is 1. The third kappa shape index (κ3) is 3.36. The lowest BCUT2D eigenvalue weighted by Gasteiger charge is -2.05. The topological polar surface area (TPSA) is 65.6 Å². The first-order valence-corrected chi connectivity index (χ1v) is 6.23. The lowest BCUT2D eigenvalue weighted by molar-refractivity contribution is 0.318. The summed E-state index contributed by atoms with van der Waals surface area (Å²) in [5.41, 5.74) is 2.19. The van der Waals surface area contributed by atoms with E-state index in [1.165, 1.54) is 0 Å². The Labute approximate surface area is 117 Å². The van der Waals surface area contributed by atoms with Crippen molar-refractivity contribution in [3.8, 4) is 17.6 Å². The quantitative estimate of drug-likeness (QED) is 0.862. The van der Waals surface area contributed by atoms with Gasteiger partial charge in [0.15, 0.2) is 11.5 Å². The number of hydrogen-bond donors (Lipinski definition) is 1. The van der Waals surface area contributed by atoms with Gasteiger partial charge in [0.05, 0.1) is 23.9 Å². The van der Waals surface area contributed by atoms with Crippen molar-refractivity contribution in [1.82, 2.24) is 0 Å². The van der Waals surface area contributed by atoms with E-state index >= 15 is 0 Å². The Bertz CT molecular complexity index is 655. The van der Waals surface area contributed by atoms with Crippen molar-refractivity contribution in [3.63, 3.8) is 0 Å². The number of nitriles is 1. The van der Waals surface area contributed by atoms with E-state index in [9.17, 15) is 5.11 Å². The maximum Gasteiger partial charge on any atom is 0.161 e. The molecule has 0 heterocycles. The van der Waals surface area contributed by atoms with Crippen LogP contribution in [0.1, 0.15) is 18.1 Å². The van der Waals surface area contributed by atoms with Crippen molar-refractivity contribution in [3.05, 3.63) is 53.6 Å². The zero-order valence-electron chi connectivity index (χ0n) is 11.1. The fraction of sp³-hybridized carbons (Fsp3) is 0.125. The van der Waals surface area contributed by atoms with E-state index in [-0.39, 0.29) is 5.75 Å². The van der Waals surface area contributed by atoms with Crippen molar-refractivity contribution in [2.45, 2.75) is 6.92 Å². The summed E-state index contributed by atoms with van der Waals surface area (Å²) in [6.45, 7) is 2.35. The van der Waals surface area contributed by atoms with Crippen LogP contribution < -0.4 is 4.74 Å². The number of benzene rings is 2. The van der Waals surface area contributed by atoms with E-state index < -0.39 is 0 Å². The molecule has 2 aromatic rings. The summed E-state index contributed by atoms with van der Waals surface area (Å²) in [4.78, 5) is 4.31. The molecule has 0 radical (unpaired) electrons. The Morgan fingerprint density at radius 1 is 1.25 bits per heavy atom. The van der Waals surface area contributed by atoms with Gasteiger partial charge in [-0.25, -0.2) is 0 Å². The smallest absolute Gasteiger partial charge is 0.161 e. The maximum absolute atomic E-state index is 9.61. The summed E-state index contributed by atoms with van der Waals surface area (Å²) < 4.78 is 5.31. The fourth-order valence-corrected chi connectivity index (χ4v) is 1.65. The monoisotopic (exact) mass is 266 g/mol. The minimum absolute atomic E-state index is 0.113. The van der Waals surface area contributed by atoms with Crippen molar-refractivity contribution in [2.24, 2.45) is 4.99 Å². The molecule has 4 nitrogen and oxygen atoms in total. The lowest BCUT2D eigenvalue weighted by Crippen LogP contribution is -1.93. The average Bonchev–Trinajstić information content (AvgIpc) is 2.49. The van der Waals surface area contributed by atoms with Gasteiger partial charge in [0.1, 0.15) is 0 Å². The number of phenolic OH excluding ortho intramolecular Hbond substituents is 1. The highest BCUT2D eigenvalue weighted by Crippen LogP contribution is 2.26. The van der Waals surface area contributed by atoms with Crippen LogP contribution in [0.5, 0.6) is 11.5 Å². The second-order valence-electron chi connectivity index (χ2n) is 4.08. The van der Waals surface area contributed by atoms with Crippen molar-refractivity contribution in [2.75, 3.05) is 6.61 Å². The highest BCUT2D eigenvalue weighted by Gasteiger charge is 2.01. The minimum atomic E-state index is 0.113. The number of aliphatic imine (C=N–C) groups is 1. The van der Waals surface area contributed by atoms with Crippen LogP contribution in [0.3, 0.4) is 0 Å². The molecule has 0 spiro atoms. The van der Waals surface area contributed by atoms with Gasteiger partial charge in [-0.05, 0) is 55.0 Å². The second kappa shape index (κ2) is 6.39. The van der Waals surface area contributed by atoms with E-state index in [4.69, 9.17) is 10.00 Å². The molecular formula is C16H14N2O2. The molecule has 0 saturated heterocycles. The Morgan fingerprint density at radius 2 is 2.00 bits per heavy atom. The van der Waals surface area contributed by atoms with Gasteiger partial charge in [-0.3, -0.25) is 4.99 Å². The summed E-state index contributed by atoms with van der Waals surface area (Å²) in [5.74, 6) is 0.554. The Morgan fingerprint density at radius 3 is 2.65 bits per heavy atom. The zero-order valence-corrected chi connectivity index (χ0v) is 11.1. The molecule has 0 unspecified atom stereocenters. The molecule has 0 amide bonds. The highest BCUT2D eigenvalue weighted by atomic mass is 16.5. The molecule has 100 valence electrons. The van der Waals surface area contributed by atoms with E-state index in [0.717, 1.165) is 11.3 Å². The normalized spacial score (nSPS) is 10.4. The van der Waals surface area contributed by atoms with E-state index in [2.05, 4.69) is 11.1 Å². The van der Waals surface area contributed by atoms with Crippen LogP contribution >= 0.6 is 0 Å². The molecule has 2 aromatic carbocycles. The van der Waals surface area contributed by atoms with E-state index in [1.807, 2.05) is 6.92 Å². The van der Waals surface area contributed by atoms with Crippen LogP contribution in [0.25, 0.3) is 0 Å². The molecule has 0 aliphatic rings. The molecule has 0 fully saturated rings. The summed E-state index contributed by atoms with van der Waals surface area (Å²) >= 11 is 0. The van der Waals surface area contributed by atoms with Crippen LogP contribution in [0.2, 0.25) is 0 Å². The van der Waals surface area contributed by atoms with Crippen LogP contribution in [0.15, 0.2) is 47.5 Å². The predicted octanol–water partition coefficient (Wildman–Crippen LogP) is 3.41.